The van der Waals surface area contributed by atoms with Crippen LogP contribution in [0.25, 0.3) is 10.9 Å². The zero-order valence-corrected chi connectivity index (χ0v) is 13.9. The lowest BCUT2D eigenvalue weighted by molar-refractivity contribution is -0.121. The number of amides is 1. The van der Waals surface area contributed by atoms with E-state index in [1.165, 1.54) is 4.57 Å². The van der Waals surface area contributed by atoms with E-state index < -0.39 is 0 Å². The first kappa shape index (κ1) is 16.0. The number of pyridine rings is 1. The first-order valence-electron chi connectivity index (χ1n) is 7.96. The lowest BCUT2D eigenvalue weighted by Gasteiger charge is -2.12. The minimum absolute atomic E-state index is 0.0207. The molecule has 4 heteroatoms. The fraction of sp³-hybridized carbons (Fsp3) is 0.200. The van der Waals surface area contributed by atoms with Crippen LogP contribution in [0.2, 0.25) is 0 Å². The number of fused-ring (bicyclic) bond motifs is 1. The number of hydrogen-bond acceptors (Lipinski definition) is 2. The van der Waals surface area contributed by atoms with Gasteiger partial charge in [0.25, 0.3) is 5.56 Å². The molecular weight excluding hydrogens is 300 g/mol. The van der Waals surface area contributed by atoms with Gasteiger partial charge in [0.2, 0.25) is 5.91 Å². The molecule has 3 aromatic rings. The molecule has 1 heterocycles. The molecule has 0 radical (unpaired) electrons. The van der Waals surface area contributed by atoms with Crippen molar-refractivity contribution in [3.63, 3.8) is 0 Å². The van der Waals surface area contributed by atoms with E-state index in [-0.39, 0.29) is 18.0 Å². The molecule has 1 N–H and O–H groups in total. The summed E-state index contributed by atoms with van der Waals surface area (Å²) in [5.41, 5.74) is 3.50. The number of carbonyl (C=O) groups excluding carboxylic acids is 1. The molecule has 1 aromatic heterocycles. The molecule has 4 nitrogen and oxygen atoms in total. The molecule has 2 aromatic carbocycles. The monoisotopic (exact) mass is 320 g/mol. The molecule has 0 saturated heterocycles. The summed E-state index contributed by atoms with van der Waals surface area (Å²) in [7, 11) is 0. The van der Waals surface area contributed by atoms with Gasteiger partial charge in [0.05, 0.1) is 5.52 Å². The Morgan fingerprint density at radius 1 is 1.00 bits per heavy atom. The number of rotatable bonds is 4. The van der Waals surface area contributed by atoms with E-state index in [0.29, 0.717) is 12.1 Å². The number of aryl methyl sites for hydroxylation is 2. The number of benzene rings is 2. The second-order valence-electron chi connectivity index (χ2n) is 5.98. The standard InChI is InChI=1S/C20H20N2O2/c1-14-7-3-4-9-17(14)12-21-19(23)13-22-18-10-6-5-8-16(18)11-15(2)20(22)24/h3-11H,12-13H2,1-2H3,(H,21,23). The maximum Gasteiger partial charge on any atom is 0.254 e. The number of carbonyl (C=O) groups is 1. The van der Waals surface area contributed by atoms with E-state index in [1.54, 1.807) is 6.92 Å². The molecule has 0 spiro atoms. The van der Waals surface area contributed by atoms with E-state index in [9.17, 15) is 9.59 Å². The molecule has 0 aliphatic heterocycles. The maximum atomic E-state index is 12.4. The van der Waals surface area contributed by atoms with Gasteiger partial charge >= 0.3 is 0 Å². The molecular formula is C20H20N2O2. The molecule has 3 rings (SSSR count). The van der Waals surface area contributed by atoms with Crippen molar-refractivity contribution in [1.29, 1.82) is 0 Å². The predicted octanol–water partition coefficient (Wildman–Crippen LogP) is 2.93. The van der Waals surface area contributed by atoms with E-state index in [1.807, 2.05) is 61.5 Å². The van der Waals surface area contributed by atoms with Gasteiger partial charge in [-0.25, -0.2) is 0 Å². The van der Waals surface area contributed by atoms with Gasteiger partial charge in [-0.05, 0) is 42.5 Å². The molecule has 0 fully saturated rings. The van der Waals surface area contributed by atoms with Crippen LogP contribution in [0.5, 0.6) is 0 Å². The highest BCUT2D eigenvalue weighted by molar-refractivity contribution is 5.82. The predicted molar refractivity (Wildman–Crippen MR) is 96.0 cm³/mol. The summed E-state index contributed by atoms with van der Waals surface area (Å²) in [6.07, 6.45) is 0. The van der Waals surface area contributed by atoms with Crippen LogP contribution in [0.4, 0.5) is 0 Å². The summed E-state index contributed by atoms with van der Waals surface area (Å²) < 4.78 is 1.54. The van der Waals surface area contributed by atoms with Crippen molar-refractivity contribution in [2.75, 3.05) is 0 Å². The molecule has 1 amide bonds. The van der Waals surface area contributed by atoms with Crippen molar-refractivity contribution in [3.05, 3.63) is 81.6 Å². The molecule has 0 atom stereocenters. The van der Waals surface area contributed by atoms with Gasteiger partial charge in [-0.2, -0.15) is 0 Å². The topological polar surface area (TPSA) is 51.1 Å². The third-order valence-corrected chi connectivity index (χ3v) is 4.22. The Bertz CT molecular complexity index is 957. The van der Waals surface area contributed by atoms with Crippen LogP contribution in [-0.4, -0.2) is 10.5 Å². The van der Waals surface area contributed by atoms with Crippen LogP contribution >= 0.6 is 0 Å². The minimum Gasteiger partial charge on any atom is -0.350 e. The van der Waals surface area contributed by atoms with Gasteiger partial charge in [0.1, 0.15) is 6.54 Å². The largest absolute Gasteiger partial charge is 0.350 e. The highest BCUT2D eigenvalue weighted by Gasteiger charge is 2.10. The number of aromatic nitrogens is 1. The van der Waals surface area contributed by atoms with Gasteiger partial charge in [0.15, 0.2) is 0 Å². The van der Waals surface area contributed by atoms with Gasteiger partial charge in [-0.15, -0.1) is 0 Å². The van der Waals surface area contributed by atoms with E-state index in [0.717, 1.165) is 22.0 Å². The molecule has 24 heavy (non-hydrogen) atoms. The van der Waals surface area contributed by atoms with Crippen molar-refractivity contribution in [2.24, 2.45) is 0 Å². The Hall–Kier alpha value is -2.88. The van der Waals surface area contributed by atoms with Gasteiger partial charge in [0, 0.05) is 12.1 Å². The zero-order valence-electron chi connectivity index (χ0n) is 13.9. The summed E-state index contributed by atoms with van der Waals surface area (Å²) in [6.45, 7) is 4.27. The third kappa shape index (κ3) is 3.23. The van der Waals surface area contributed by atoms with Crippen molar-refractivity contribution in [2.45, 2.75) is 26.9 Å². The summed E-state index contributed by atoms with van der Waals surface area (Å²) in [6, 6.07) is 17.4. The van der Waals surface area contributed by atoms with Gasteiger partial charge in [-0.3, -0.25) is 14.2 Å². The second-order valence-corrected chi connectivity index (χ2v) is 5.98. The van der Waals surface area contributed by atoms with Crippen LogP contribution in [0.15, 0.2) is 59.4 Å². The molecule has 0 aliphatic rings. The van der Waals surface area contributed by atoms with Gasteiger partial charge < -0.3 is 5.32 Å². The van der Waals surface area contributed by atoms with Crippen LogP contribution in [0.3, 0.4) is 0 Å². The Kier molecular flexibility index (Phi) is 4.47. The lowest BCUT2D eigenvalue weighted by atomic mass is 10.1. The lowest BCUT2D eigenvalue weighted by Crippen LogP contribution is -2.33. The zero-order chi connectivity index (χ0) is 17.1. The second kappa shape index (κ2) is 6.71. The van der Waals surface area contributed by atoms with Crippen LogP contribution in [-0.2, 0) is 17.9 Å². The fourth-order valence-corrected chi connectivity index (χ4v) is 2.83. The SMILES string of the molecule is Cc1ccccc1CNC(=O)Cn1c(=O)c(C)cc2ccccc21. The van der Waals surface area contributed by atoms with Crippen LogP contribution < -0.4 is 10.9 Å². The quantitative estimate of drug-likeness (QED) is 0.803. The Morgan fingerprint density at radius 3 is 2.50 bits per heavy atom. The molecule has 0 bridgehead atoms. The molecule has 0 saturated carbocycles. The van der Waals surface area contributed by atoms with Crippen molar-refractivity contribution >= 4 is 16.8 Å². The van der Waals surface area contributed by atoms with Crippen LogP contribution in [0, 0.1) is 13.8 Å². The highest BCUT2D eigenvalue weighted by atomic mass is 16.2. The summed E-state index contributed by atoms with van der Waals surface area (Å²) in [5, 5.41) is 3.86. The van der Waals surface area contributed by atoms with E-state index >= 15 is 0 Å². The molecule has 122 valence electrons. The number of nitrogens with zero attached hydrogens (tertiary/aromatic N) is 1. The Labute approximate surface area is 140 Å². The van der Waals surface area contributed by atoms with Crippen molar-refractivity contribution in [1.82, 2.24) is 9.88 Å². The minimum atomic E-state index is -0.170. The highest BCUT2D eigenvalue weighted by Crippen LogP contribution is 2.13. The van der Waals surface area contributed by atoms with Crippen molar-refractivity contribution in [3.8, 4) is 0 Å². The van der Waals surface area contributed by atoms with E-state index in [4.69, 9.17) is 0 Å². The number of hydrogen-bond donors (Lipinski definition) is 1. The first-order chi connectivity index (χ1) is 11.6. The summed E-state index contributed by atoms with van der Waals surface area (Å²) in [4.78, 5) is 24.8. The van der Waals surface area contributed by atoms with Crippen molar-refractivity contribution < 1.29 is 4.79 Å². The van der Waals surface area contributed by atoms with Crippen LogP contribution in [0.1, 0.15) is 16.7 Å². The van der Waals surface area contributed by atoms with Gasteiger partial charge in [-0.1, -0.05) is 42.5 Å². The fourth-order valence-electron chi connectivity index (χ4n) is 2.83. The Morgan fingerprint density at radius 2 is 1.71 bits per heavy atom. The maximum absolute atomic E-state index is 12.4. The number of nitrogens with one attached hydrogen (secondary N) is 1. The summed E-state index contributed by atoms with van der Waals surface area (Å²) in [5.74, 6) is -0.170. The smallest absolute Gasteiger partial charge is 0.254 e. The normalized spacial score (nSPS) is 10.8. The van der Waals surface area contributed by atoms with E-state index in [2.05, 4.69) is 5.32 Å². The average molecular weight is 320 g/mol. The molecule has 0 unspecified atom stereocenters. The average Bonchev–Trinajstić information content (AvgIpc) is 2.58. The summed E-state index contributed by atoms with van der Waals surface area (Å²) >= 11 is 0. The molecule has 0 aliphatic carbocycles. The first-order valence-corrected chi connectivity index (χ1v) is 7.96. The Balaban J connectivity index is 1.82. The number of para-hydroxylation sites is 1. The third-order valence-electron chi connectivity index (χ3n) is 4.22.